The molecule has 1 saturated carbocycles. The highest BCUT2D eigenvalue weighted by Crippen LogP contribution is 2.22. The van der Waals surface area contributed by atoms with E-state index >= 15 is 0 Å². The van der Waals surface area contributed by atoms with Gasteiger partial charge in [-0.25, -0.2) is 0 Å². The van der Waals surface area contributed by atoms with Crippen LogP contribution < -0.4 is 0 Å². The van der Waals surface area contributed by atoms with Crippen LogP contribution in [-0.2, 0) is 4.74 Å². The van der Waals surface area contributed by atoms with Crippen molar-refractivity contribution in [1.29, 1.82) is 0 Å². The van der Waals surface area contributed by atoms with Crippen molar-refractivity contribution >= 4 is 0 Å². The Bertz CT molecular complexity index is 180. The van der Waals surface area contributed by atoms with E-state index in [-0.39, 0.29) is 6.10 Å². The first-order valence-corrected chi connectivity index (χ1v) is 6.38. The topological polar surface area (TPSA) is 32.7 Å². The number of ether oxygens (including phenoxy) is 1. The van der Waals surface area contributed by atoms with Gasteiger partial charge in [0.15, 0.2) is 0 Å². The van der Waals surface area contributed by atoms with Gasteiger partial charge < -0.3 is 9.84 Å². The molecule has 2 fully saturated rings. The molecule has 0 aromatic carbocycles. The molecule has 3 heteroatoms. The Morgan fingerprint density at radius 2 is 1.60 bits per heavy atom. The molecule has 1 saturated heterocycles. The highest BCUT2D eigenvalue weighted by atomic mass is 16.5. The molecule has 2 unspecified atom stereocenters. The molecule has 2 aliphatic rings. The van der Waals surface area contributed by atoms with Crippen LogP contribution in [0, 0.1) is 0 Å². The highest BCUT2D eigenvalue weighted by Gasteiger charge is 2.27. The Labute approximate surface area is 92.4 Å². The lowest BCUT2D eigenvalue weighted by molar-refractivity contribution is -0.0295. The number of hydrogen-bond acceptors (Lipinski definition) is 3. The molecule has 0 spiro atoms. The SMILES string of the molecule is OC1CCCCCCC1N1CCOCC1. The molecule has 3 nitrogen and oxygen atoms in total. The van der Waals surface area contributed by atoms with Gasteiger partial charge in [-0.1, -0.05) is 25.7 Å². The number of morpholine rings is 1. The molecule has 1 aliphatic carbocycles. The van der Waals surface area contributed by atoms with E-state index in [0.717, 1.165) is 32.7 Å². The molecule has 0 aromatic heterocycles. The van der Waals surface area contributed by atoms with Gasteiger partial charge in [-0.3, -0.25) is 4.90 Å². The lowest BCUT2D eigenvalue weighted by Crippen LogP contribution is -2.49. The van der Waals surface area contributed by atoms with Crippen LogP contribution >= 0.6 is 0 Å². The van der Waals surface area contributed by atoms with Gasteiger partial charge in [0.1, 0.15) is 0 Å². The van der Waals surface area contributed by atoms with Crippen LogP contribution in [-0.4, -0.2) is 48.5 Å². The minimum Gasteiger partial charge on any atom is -0.391 e. The summed E-state index contributed by atoms with van der Waals surface area (Å²) >= 11 is 0. The molecule has 0 bridgehead atoms. The van der Waals surface area contributed by atoms with Crippen LogP contribution in [0.1, 0.15) is 38.5 Å². The van der Waals surface area contributed by atoms with Crippen molar-refractivity contribution in [2.45, 2.75) is 50.7 Å². The predicted molar refractivity (Wildman–Crippen MR) is 59.9 cm³/mol. The van der Waals surface area contributed by atoms with Crippen molar-refractivity contribution in [2.75, 3.05) is 26.3 Å². The maximum absolute atomic E-state index is 10.1. The van der Waals surface area contributed by atoms with Crippen LogP contribution in [0.2, 0.25) is 0 Å². The van der Waals surface area contributed by atoms with Crippen LogP contribution in [0.3, 0.4) is 0 Å². The summed E-state index contributed by atoms with van der Waals surface area (Å²) in [6, 6.07) is 0.397. The summed E-state index contributed by atoms with van der Waals surface area (Å²) in [6.45, 7) is 3.68. The first-order chi connectivity index (χ1) is 7.38. The van der Waals surface area contributed by atoms with Gasteiger partial charge >= 0.3 is 0 Å². The third-order valence-corrected chi connectivity index (χ3v) is 3.71. The van der Waals surface area contributed by atoms with E-state index in [2.05, 4.69) is 4.90 Å². The summed E-state index contributed by atoms with van der Waals surface area (Å²) in [4.78, 5) is 2.43. The fourth-order valence-electron chi connectivity index (χ4n) is 2.78. The Hall–Kier alpha value is -0.120. The number of nitrogens with zero attached hydrogens (tertiary/aromatic N) is 1. The Morgan fingerprint density at radius 1 is 0.933 bits per heavy atom. The van der Waals surface area contributed by atoms with Gasteiger partial charge in [0.05, 0.1) is 19.3 Å². The summed E-state index contributed by atoms with van der Waals surface area (Å²) < 4.78 is 5.36. The van der Waals surface area contributed by atoms with E-state index in [4.69, 9.17) is 4.74 Å². The van der Waals surface area contributed by atoms with Crippen LogP contribution in [0.25, 0.3) is 0 Å². The summed E-state index contributed by atoms with van der Waals surface area (Å²) in [7, 11) is 0. The fraction of sp³-hybridized carbons (Fsp3) is 1.00. The lowest BCUT2D eigenvalue weighted by atomic mass is 9.93. The average molecular weight is 213 g/mol. The highest BCUT2D eigenvalue weighted by molar-refractivity contribution is 4.82. The van der Waals surface area contributed by atoms with Crippen LogP contribution in [0.4, 0.5) is 0 Å². The van der Waals surface area contributed by atoms with Gasteiger partial charge in [0.25, 0.3) is 0 Å². The zero-order valence-electron chi connectivity index (χ0n) is 9.53. The first-order valence-electron chi connectivity index (χ1n) is 6.38. The third-order valence-electron chi connectivity index (χ3n) is 3.71. The lowest BCUT2D eigenvalue weighted by Gasteiger charge is -2.38. The molecule has 1 heterocycles. The second-order valence-electron chi connectivity index (χ2n) is 4.77. The largest absolute Gasteiger partial charge is 0.391 e. The quantitative estimate of drug-likeness (QED) is 0.714. The zero-order chi connectivity index (χ0) is 10.5. The minimum atomic E-state index is -0.108. The van der Waals surface area contributed by atoms with Gasteiger partial charge in [-0.15, -0.1) is 0 Å². The Morgan fingerprint density at radius 3 is 2.33 bits per heavy atom. The molecule has 1 N–H and O–H groups in total. The summed E-state index contributed by atoms with van der Waals surface area (Å²) in [5.74, 6) is 0. The normalized spacial score (nSPS) is 35.8. The smallest absolute Gasteiger partial charge is 0.0695 e. The number of rotatable bonds is 1. The maximum atomic E-state index is 10.1. The Balaban J connectivity index is 1.90. The first kappa shape index (κ1) is 11.4. The van der Waals surface area contributed by atoms with Crippen molar-refractivity contribution < 1.29 is 9.84 Å². The van der Waals surface area contributed by atoms with E-state index in [1.807, 2.05) is 0 Å². The van der Waals surface area contributed by atoms with Crippen LogP contribution in [0.5, 0.6) is 0 Å². The van der Waals surface area contributed by atoms with E-state index in [9.17, 15) is 5.11 Å². The molecular formula is C12H23NO2. The van der Waals surface area contributed by atoms with E-state index < -0.39 is 0 Å². The number of aliphatic hydroxyl groups excluding tert-OH is 1. The third kappa shape index (κ3) is 3.16. The number of hydrogen-bond donors (Lipinski definition) is 1. The van der Waals surface area contributed by atoms with Crippen molar-refractivity contribution in [1.82, 2.24) is 4.90 Å². The Kier molecular flexibility index (Phi) is 4.42. The summed E-state index contributed by atoms with van der Waals surface area (Å²) in [6.07, 6.45) is 7.16. The average Bonchev–Trinajstić information content (AvgIpc) is 2.25. The van der Waals surface area contributed by atoms with Gasteiger partial charge in [0, 0.05) is 19.1 Å². The maximum Gasteiger partial charge on any atom is 0.0695 e. The molecule has 15 heavy (non-hydrogen) atoms. The number of aliphatic hydroxyl groups is 1. The molecule has 2 atom stereocenters. The molecule has 88 valence electrons. The van der Waals surface area contributed by atoms with Crippen LogP contribution in [0.15, 0.2) is 0 Å². The molecule has 2 rings (SSSR count). The van der Waals surface area contributed by atoms with E-state index in [1.165, 1.54) is 32.1 Å². The minimum absolute atomic E-state index is 0.108. The second-order valence-corrected chi connectivity index (χ2v) is 4.77. The molecule has 0 amide bonds. The molecule has 0 radical (unpaired) electrons. The second kappa shape index (κ2) is 5.83. The molecule has 1 aliphatic heterocycles. The van der Waals surface area contributed by atoms with Gasteiger partial charge in [0.2, 0.25) is 0 Å². The van der Waals surface area contributed by atoms with Gasteiger partial charge in [-0.2, -0.15) is 0 Å². The summed E-state index contributed by atoms with van der Waals surface area (Å²) in [5.41, 5.74) is 0. The monoisotopic (exact) mass is 213 g/mol. The van der Waals surface area contributed by atoms with E-state index in [1.54, 1.807) is 0 Å². The predicted octanol–water partition coefficient (Wildman–Crippen LogP) is 1.40. The fourth-order valence-corrected chi connectivity index (χ4v) is 2.78. The standard InChI is InChI=1S/C12H23NO2/c14-12-6-4-2-1-3-5-11(12)13-7-9-15-10-8-13/h11-12,14H,1-10H2. The van der Waals surface area contributed by atoms with Crippen molar-refractivity contribution in [3.63, 3.8) is 0 Å². The van der Waals surface area contributed by atoms with Gasteiger partial charge in [-0.05, 0) is 12.8 Å². The zero-order valence-corrected chi connectivity index (χ0v) is 9.53. The van der Waals surface area contributed by atoms with Crippen molar-refractivity contribution in [2.24, 2.45) is 0 Å². The van der Waals surface area contributed by atoms with Crippen molar-refractivity contribution in [3.05, 3.63) is 0 Å². The summed E-state index contributed by atoms with van der Waals surface area (Å²) in [5, 5.41) is 10.1. The molecule has 0 aromatic rings. The molecular weight excluding hydrogens is 190 g/mol. The van der Waals surface area contributed by atoms with E-state index in [0.29, 0.717) is 6.04 Å². The van der Waals surface area contributed by atoms with Crippen molar-refractivity contribution in [3.8, 4) is 0 Å².